The SMILES string of the molecule is CC(=O)N[C@H]1[C@H](O[C@H]2[C@@H](O)[C@@H](CO)O[C@@H](O[C@H]3[C@H](O)[C@@H](O)[C@H](O)O[C@@H]3CO)[C@@H]2O)O[C@H](CO)[C@@H](O[C@@H]2O[C@H](CO)[C@H](O)[C@H](O[C@@H]3O[C@H](CO)[C@@H](O[C@@H]4O[C@H](CO)[C@H](O)[C@H](O[C@]5(C(=O)O)C[C@H](O)[C@@H](NC(C)=O)[C@H]([C@H](O)[C@H](O)CO)O5)[C@H]4O)[C@H](O[C@@H]4O[C@@H](C)[C@@H](O)[C@@H](O)[C@@H]4O)[C@H]3NC(C)=O)[C@H]2O)[C@@H]1O[C@@H]1O[C@@H](C)[C@@H](O)[C@@H](O)[C@@H]1O. The third kappa shape index (κ3) is 20.0. The summed E-state index contributed by atoms with van der Waals surface area (Å²) in [6.07, 6.45) is -90.9. The predicted octanol–water partition coefficient (Wildman–Crippen LogP) is -18.9. The minimum absolute atomic E-state index is 0.879. The van der Waals surface area contributed by atoms with E-state index >= 15 is 0 Å². The van der Waals surface area contributed by atoms with Gasteiger partial charge in [-0.15, -0.1) is 0 Å². The van der Waals surface area contributed by atoms with Gasteiger partial charge >= 0.3 is 5.97 Å². The first-order chi connectivity index (χ1) is 53.2. The minimum atomic E-state index is -3.34. The van der Waals surface area contributed by atoms with Crippen molar-refractivity contribution in [2.75, 3.05) is 46.2 Å². The lowest BCUT2D eigenvalue weighted by atomic mass is 9.88. The van der Waals surface area contributed by atoms with Crippen molar-refractivity contribution in [1.29, 1.82) is 0 Å². The number of carboxylic acid groups (broad SMARTS) is 1. The number of carbonyl (C=O) groups is 4. The fourth-order valence-electron chi connectivity index (χ4n) is 14.8. The Kier molecular flexibility index (Phi) is 32.6. The average Bonchev–Trinajstić information content (AvgIpc) is 0.748. The van der Waals surface area contributed by atoms with E-state index in [0.29, 0.717) is 0 Å². The molecule has 9 heterocycles. The third-order valence-corrected chi connectivity index (χ3v) is 20.9. The number of aliphatic hydroxyl groups excluding tert-OH is 25. The number of hydrogen-bond donors (Lipinski definition) is 29. The lowest BCUT2D eigenvalue weighted by molar-refractivity contribution is -0.403. The van der Waals surface area contributed by atoms with Crippen molar-refractivity contribution in [2.45, 2.75) is 323 Å². The van der Waals surface area contributed by atoms with Gasteiger partial charge in [0.1, 0.15) is 201 Å². The Morgan fingerprint density at radius 3 is 1.06 bits per heavy atom. The van der Waals surface area contributed by atoms with Crippen LogP contribution in [0.3, 0.4) is 0 Å². The van der Waals surface area contributed by atoms with Crippen LogP contribution >= 0.6 is 0 Å². The van der Waals surface area contributed by atoms with Gasteiger partial charge in [0, 0.05) is 27.2 Å². The molecular formula is C63H105N3O47. The standard InChI is InChI=1S/C63H105N3O47/c1-14-30(79)36(85)40(89)57(97-14)108-49-28(65-17(4)75)55(110-51-33(82)21(8-68)100-59(42(51)91)105-45-24(11-71)99-54(94)39(88)38(45)87)103-25(12-72)46(49)106-60-43(92)52(34(83)22(9-69)101-60)111-56-29(66-18(5)76)50(109-58-41(90)37(86)31(80)15(2)98-58)47(26(13-73)104-56)107-61-44(93)53(35(84)23(10-70)102-61)113-63(62(95)96)6-19(77)27(64-16(3)74)48(112-63)32(81)20(78)7-67/h14-15,19-61,67-73,77-94H,6-13H2,1-5H3,(H,64,74)(H,65,75)(H,66,76)(H,95,96)/t14-,15-,19-,20+,21+,22+,23+,24+,25+,26+,27+,28+,29+,30+,31+,32+,33-,34-,35-,36+,37+,38+,39+,40-,41-,42+,43+,44+,45+,46+,47+,48+,49+,50+,51-,52-,53-,54+,55-,56-,57-,58-,59-,60-,61-,63-/m0/s1. The monoisotopic (exact) mass is 1660 g/mol. The summed E-state index contributed by atoms with van der Waals surface area (Å²) in [5.74, 6) is -8.48. The topological polar surface area (TPSA) is 787 Å². The Bertz CT molecular complexity index is 3040. The highest BCUT2D eigenvalue weighted by Gasteiger charge is 2.64. The van der Waals surface area contributed by atoms with E-state index in [1.54, 1.807) is 0 Å². The highest BCUT2D eigenvalue weighted by molar-refractivity contribution is 5.77. The van der Waals surface area contributed by atoms with Crippen LogP contribution in [-0.4, -0.2) is 484 Å². The molecule has 0 aromatic carbocycles. The van der Waals surface area contributed by atoms with E-state index in [0.717, 1.165) is 20.8 Å². The van der Waals surface area contributed by atoms with Crippen molar-refractivity contribution in [2.24, 2.45) is 0 Å². The summed E-state index contributed by atoms with van der Waals surface area (Å²) < 4.78 is 101. The molecule has 9 aliphatic heterocycles. The van der Waals surface area contributed by atoms with Crippen LogP contribution in [0.4, 0.5) is 0 Å². The zero-order valence-electron chi connectivity index (χ0n) is 60.8. The van der Waals surface area contributed by atoms with E-state index in [-0.39, 0.29) is 0 Å². The molecule has 9 fully saturated rings. The first-order valence-corrected chi connectivity index (χ1v) is 36.0. The molecule has 0 spiro atoms. The van der Waals surface area contributed by atoms with Gasteiger partial charge in [-0.25, -0.2) is 4.79 Å². The summed E-state index contributed by atoms with van der Waals surface area (Å²) in [6, 6.07) is -5.94. The van der Waals surface area contributed by atoms with Crippen LogP contribution in [0.2, 0.25) is 0 Å². The average molecular weight is 1660 g/mol. The lowest BCUT2D eigenvalue weighted by Gasteiger charge is -2.53. The molecule has 9 aliphatic rings. The molecule has 0 aliphatic carbocycles. The molecule has 0 aromatic rings. The van der Waals surface area contributed by atoms with Crippen LogP contribution in [0.15, 0.2) is 0 Å². The lowest BCUT2D eigenvalue weighted by Crippen LogP contribution is -2.72. The number of carboxylic acids is 1. The second-order valence-corrected chi connectivity index (χ2v) is 28.8. The Morgan fingerprint density at radius 2 is 0.690 bits per heavy atom. The Hall–Kier alpha value is -3.80. The number of nitrogens with one attached hydrogen (secondary N) is 3. The van der Waals surface area contributed by atoms with Crippen molar-refractivity contribution in [3.05, 3.63) is 0 Å². The maximum absolute atomic E-state index is 13.6. The summed E-state index contributed by atoms with van der Waals surface area (Å²) >= 11 is 0. The zero-order chi connectivity index (χ0) is 83.6. The molecule has 0 bridgehead atoms. The van der Waals surface area contributed by atoms with Gasteiger partial charge in [0.05, 0.1) is 70.6 Å². The van der Waals surface area contributed by atoms with Crippen LogP contribution in [-0.2, 0) is 99.7 Å². The minimum Gasteiger partial charge on any atom is -0.477 e. The molecule has 0 radical (unpaired) electrons. The largest absolute Gasteiger partial charge is 0.477 e. The fraction of sp³-hybridized carbons (Fsp3) is 0.937. The van der Waals surface area contributed by atoms with Crippen molar-refractivity contribution in [1.82, 2.24) is 16.0 Å². The predicted molar refractivity (Wildman–Crippen MR) is 346 cm³/mol. The number of amides is 3. The fourth-order valence-corrected chi connectivity index (χ4v) is 14.8. The molecule has 0 aromatic heterocycles. The van der Waals surface area contributed by atoms with Gasteiger partial charge in [-0.2, -0.15) is 0 Å². The summed E-state index contributed by atoms with van der Waals surface area (Å²) in [5.41, 5.74) is 0. The zero-order valence-corrected chi connectivity index (χ0v) is 60.8. The van der Waals surface area contributed by atoms with E-state index in [4.69, 9.17) is 80.5 Å². The highest BCUT2D eigenvalue weighted by Crippen LogP contribution is 2.43. The van der Waals surface area contributed by atoms with Gasteiger partial charge in [0.2, 0.25) is 17.7 Å². The van der Waals surface area contributed by atoms with Gasteiger partial charge < -0.3 is 229 Å². The molecule has 50 heteroatoms. The smallest absolute Gasteiger partial charge is 0.364 e. The third-order valence-electron chi connectivity index (χ3n) is 20.9. The quantitative estimate of drug-likeness (QED) is 0.0331. The first-order valence-electron chi connectivity index (χ1n) is 36.0. The molecule has 3 amide bonds. The molecule has 9 saturated heterocycles. The molecule has 654 valence electrons. The summed E-state index contributed by atoms with van der Waals surface area (Å²) in [7, 11) is 0. The Morgan fingerprint density at radius 1 is 0.363 bits per heavy atom. The maximum Gasteiger partial charge on any atom is 0.364 e. The van der Waals surface area contributed by atoms with Crippen LogP contribution in [0.1, 0.15) is 41.0 Å². The number of carbonyl (C=O) groups excluding carboxylic acids is 3. The normalized spacial score (nSPS) is 49.2. The summed E-state index contributed by atoms with van der Waals surface area (Å²) in [5, 5.41) is 295. The van der Waals surface area contributed by atoms with Crippen LogP contribution in [0.5, 0.6) is 0 Å². The van der Waals surface area contributed by atoms with Crippen LogP contribution in [0.25, 0.3) is 0 Å². The van der Waals surface area contributed by atoms with E-state index in [2.05, 4.69) is 16.0 Å². The summed E-state index contributed by atoms with van der Waals surface area (Å²) in [4.78, 5) is 52.7. The highest BCUT2D eigenvalue weighted by atomic mass is 16.8. The van der Waals surface area contributed by atoms with Gasteiger partial charge in [-0.05, 0) is 13.8 Å². The molecule has 0 saturated carbocycles. The van der Waals surface area contributed by atoms with E-state index in [1.807, 2.05) is 0 Å². The van der Waals surface area contributed by atoms with E-state index < -0.39 is 358 Å². The van der Waals surface area contributed by atoms with Gasteiger partial charge in [-0.3, -0.25) is 14.4 Å². The Balaban J connectivity index is 1.06. The molecule has 113 heavy (non-hydrogen) atoms. The van der Waals surface area contributed by atoms with Crippen molar-refractivity contribution >= 4 is 23.7 Å². The first kappa shape index (κ1) is 93.1. The van der Waals surface area contributed by atoms with Gasteiger partial charge in [0.15, 0.2) is 50.3 Å². The summed E-state index contributed by atoms with van der Waals surface area (Å²) in [6.45, 7) is -3.25. The number of rotatable bonds is 29. The molecule has 46 atom stereocenters. The second-order valence-electron chi connectivity index (χ2n) is 28.8. The van der Waals surface area contributed by atoms with E-state index in [1.165, 1.54) is 13.8 Å². The molecule has 50 nitrogen and oxygen atoms in total. The number of hydrogen-bond acceptors (Lipinski definition) is 46. The molecular weight excluding hydrogens is 1550 g/mol. The number of aliphatic hydroxyl groups is 25. The molecule has 0 unspecified atom stereocenters. The number of ether oxygens (including phenoxy) is 17. The maximum atomic E-state index is 13.6. The van der Waals surface area contributed by atoms with Crippen molar-refractivity contribution in [3.8, 4) is 0 Å². The van der Waals surface area contributed by atoms with Gasteiger partial charge in [0.25, 0.3) is 5.79 Å². The van der Waals surface area contributed by atoms with Crippen LogP contribution < -0.4 is 16.0 Å². The van der Waals surface area contributed by atoms with Crippen LogP contribution in [0, 0.1) is 0 Å². The van der Waals surface area contributed by atoms with Gasteiger partial charge in [-0.1, -0.05) is 0 Å². The Labute approximate surface area is 639 Å². The second kappa shape index (κ2) is 39.6. The molecule has 29 N–H and O–H groups in total. The molecule has 9 rings (SSSR count). The number of aliphatic carboxylic acids is 1. The van der Waals surface area contributed by atoms with E-state index in [9.17, 15) is 152 Å². The van der Waals surface area contributed by atoms with Crippen molar-refractivity contribution < 1.29 is 232 Å². The van der Waals surface area contributed by atoms with Crippen molar-refractivity contribution in [3.63, 3.8) is 0 Å².